The van der Waals surface area contributed by atoms with Crippen molar-refractivity contribution < 1.29 is 13.6 Å². The first-order valence-electron chi connectivity index (χ1n) is 10.2. The van der Waals surface area contributed by atoms with E-state index in [1.54, 1.807) is 16.3 Å². The molecule has 2 aromatic heterocycles. The molecule has 2 heterocycles. The molecule has 0 aliphatic heterocycles. The molecular formula is C24H22F2N4O2. The number of rotatable bonds is 5. The lowest BCUT2D eigenvalue weighted by Gasteiger charge is -2.13. The second-order valence-electron chi connectivity index (χ2n) is 7.68. The van der Waals surface area contributed by atoms with E-state index in [9.17, 15) is 18.4 Å². The van der Waals surface area contributed by atoms with Crippen LogP contribution in [0.25, 0.3) is 16.7 Å². The highest BCUT2D eigenvalue weighted by molar-refractivity contribution is 5.91. The molecule has 32 heavy (non-hydrogen) atoms. The number of amides is 1. The molecule has 0 aliphatic rings. The molecule has 164 valence electrons. The van der Waals surface area contributed by atoms with Crippen molar-refractivity contribution in [3.63, 3.8) is 0 Å². The molecule has 0 saturated heterocycles. The number of pyridine rings is 1. The zero-order valence-electron chi connectivity index (χ0n) is 17.9. The van der Waals surface area contributed by atoms with Crippen LogP contribution in [0.2, 0.25) is 0 Å². The Labute approximate surface area is 183 Å². The highest BCUT2D eigenvalue weighted by atomic mass is 19.2. The summed E-state index contributed by atoms with van der Waals surface area (Å²) < 4.78 is 29.7. The molecule has 0 fully saturated rings. The van der Waals surface area contributed by atoms with Crippen molar-refractivity contribution in [1.29, 1.82) is 0 Å². The number of hydrogen-bond donors (Lipinski definition) is 1. The average Bonchev–Trinajstić information content (AvgIpc) is 3.13. The van der Waals surface area contributed by atoms with Gasteiger partial charge < -0.3 is 5.32 Å². The Morgan fingerprint density at radius 3 is 2.47 bits per heavy atom. The largest absolute Gasteiger partial charge is 0.326 e. The number of hydrogen-bond acceptors (Lipinski definition) is 3. The number of carbonyl (C=O) groups is 1. The Kier molecular flexibility index (Phi) is 5.61. The van der Waals surface area contributed by atoms with Gasteiger partial charge in [-0.1, -0.05) is 18.2 Å². The van der Waals surface area contributed by atoms with E-state index >= 15 is 0 Å². The summed E-state index contributed by atoms with van der Waals surface area (Å²) in [4.78, 5) is 25.5. The van der Waals surface area contributed by atoms with E-state index < -0.39 is 17.5 Å². The topological polar surface area (TPSA) is 68.9 Å². The Bertz CT molecular complexity index is 1390. The number of fused-ring (bicyclic) bond motifs is 1. The van der Waals surface area contributed by atoms with Gasteiger partial charge in [-0.05, 0) is 50.1 Å². The Morgan fingerprint density at radius 1 is 1.06 bits per heavy atom. The molecule has 1 N–H and O–H groups in total. The first-order chi connectivity index (χ1) is 15.3. The first-order valence-corrected chi connectivity index (χ1v) is 10.2. The summed E-state index contributed by atoms with van der Waals surface area (Å²) in [6.07, 6.45) is 0.229. The normalized spacial score (nSPS) is 11.2. The van der Waals surface area contributed by atoms with Crippen LogP contribution in [0.1, 0.15) is 23.2 Å². The molecule has 8 heteroatoms. The van der Waals surface area contributed by atoms with Gasteiger partial charge in [-0.25, -0.2) is 13.5 Å². The standard InChI is InChI=1S/C24H22F2N4O2/c1-14-18(10-12-21(31)27-16-9-11-19(25)20(26)13-16)24(32)29(3)23-22(14)15(2)28-30(23)17-7-5-4-6-8-17/h4-9,11,13H,10,12H2,1-3H3,(H,27,31). The van der Waals surface area contributed by atoms with E-state index in [1.807, 2.05) is 44.2 Å². The molecule has 0 bridgehead atoms. The fraction of sp³-hybridized carbons (Fsp3) is 0.208. The van der Waals surface area contributed by atoms with Crippen LogP contribution in [0, 0.1) is 25.5 Å². The monoisotopic (exact) mass is 436 g/mol. The number of nitrogens with one attached hydrogen (secondary N) is 1. The van der Waals surface area contributed by atoms with Gasteiger partial charge >= 0.3 is 0 Å². The zero-order valence-corrected chi connectivity index (χ0v) is 17.9. The summed E-state index contributed by atoms with van der Waals surface area (Å²) in [6.45, 7) is 3.75. The van der Waals surface area contributed by atoms with Crippen molar-refractivity contribution in [3.8, 4) is 5.69 Å². The van der Waals surface area contributed by atoms with Gasteiger partial charge in [0, 0.05) is 36.2 Å². The van der Waals surface area contributed by atoms with Crippen LogP contribution in [-0.4, -0.2) is 20.3 Å². The molecule has 0 radical (unpaired) electrons. The smallest absolute Gasteiger partial charge is 0.255 e. The van der Waals surface area contributed by atoms with Crippen molar-refractivity contribution in [2.75, 3.05) is 5.32 Å². The number of nitrogens with zero attached hydrogens (tertiary/aromatic N) is 3. The molecule has 6 nitrogen and oxygen atoms in total. The van der Waals surface area contributed by atoms with Gasteiger partial charge in [0.05, 0.1) is 11.4 Å². The molecule has 4 rings (SSSR count). The van der Waals surface area contributed by atoms with Crippen LogP contribution in [0.3, 0.4) is 0 Å². The quantitative estimate of drug-likeness (QED) is 0.510. The average molecular weight is 436 g/mol. The van der Waals surface area contributed by atoms with Crippen LogP contribution >= 0.6 is 0 Å². The predicted octanol–water partition coefficient (Wildman–Crippen LogP) is 4.19. The maximum absolute atomic E-state index is 13.4. The van der Waals surface area contributed by atoms with Crippen LogP contribution < -0.4 is 10.9 Å². The SMILES string of the molecule is Cc1nn(-c2ccccc2)c2c1c(C)c(CCC(=O)Nc1ccc(F)c(F)c1)c(=O)n2C. The second kappa shape index (κ2) is 8.37. The molecule has 0 saturated carbocycles. The lowest BCUT2D eigenvalue weighted by Crippen LogP contribution is -2.25. The van der Waals surface area contributed by atoms with Crippen LogP contribution in [-0.2, 0) is 18.3 Å². The summed E-state index contributed by atoms with van der Waals surface area (Å²) in [5, 5.41) is 8.05. The molecule has 0 unspecified atom stereocenters. The zero-order chi connectivity index (χ0) is 23.0. The third-order valence-electron chi connectivity index (χ3n) is 5.55. The minimum atomic E-state index is -1.04. The lowest BCUT2D eigenvalue weighted by atomic mass is 10.0. The summed E-state index contributed by atoms with van der Waals surface area (Å²) in [5.74, 6) is -2.42. The van der Waals surface area contributed by atoms with Gasteiger partial charge in [0.25, 0.3) is 5.56 Å². The number of benzene rings is 2. The number of anilines is 1. The summed E-state index contributed by atoms with van der Waals surface area (Å²) in [5.41, 5.74) is 3.58. The Hall–Kier alpha value is -3.81. The maximum atomic E-state index is 13.4. The number of para-hydroxylation sites is 1. The van der Waals surface area contributed by atoms with E-state index in [0.717, 1.165) is 34.5 Å². The van der Waals surface area contributed by atoms with Gasteiger partial charge in [-0.2, -0.15) is 5.10 Å². The van der Waals surface area contributed by atoms with Crippen LogP contribution in [0.4, 0.5) is 14.5 Å². The van der Waals surface area contributed by atoms with Crippen molar-refractivity contribution in [1.82, 2.24) is 14.3 Å². The Morgan fingerprint density at radius 2 is 1.78 bits per heavy atom. The molecule has 1 amide bonds. The molecule has 4 aromatic rings. The van der Waals surface area contributed by atoms with Crippen molar-refractivity contribution >= 4 is 22.6 Å². The number of aryl methyl sites for hydroxylation is 3. The number of carbonyl (C=O) groups excluding carboxylic acids is 1. The molecule has 0 aliphatic carbocycles. The van der Waals surface area contributed by atoms with Gasteiger partial charge in [-0.15, -0.1) is 0 Å². The number of halogens is 2. The molecule has 0 atom stereocenters. The Balaban J connectivity index is 1.65. The molecule has 2 aromatic carbocycles. The van der Waals surface area contributed by atoms with Crippen LogP contribution in [0.5, 0.6) is 0 Å². The summed E-state index contributed by atoms with van der Waals surface area (Å²) in [7, 11) is 1.69. The van der Waals surface area contributed by atoms with Gasteiger partial charge in [0.2, 0.25) is 5.91 Å². The molecular weight excluding hydrogens is 414 g/mol. The van der Waals surface area contributed by atoms with Gasteiger partial charge in [-0.3, -0.25) is 14.2 Å². The van der Waals surface area contributed by atoms with E-state index in [0.29, 0.717) is 11.2 Å². The van der Waals surface area contributed by atoms with Crippen molar-refractivity contribution in [2.24, 2.45) is 7.05 Å². The first kappa shape index (κ1) is 21.4. The highest BCUT2D eigenvalue weighted by Crippen LogP contribution is 2.26. The highest BCUT2D eigenvalue weighted by Gasteiger charge is 2.20. The maximum Gasteiger partial charge on any atom is 0.255 e. The van der Waals surface area contributed by atoms with E-state index in [2.05, 4.69) is 10.4 Å². The van der Waals surface area contributed by atoms with Gasteiger partial charge in [0.1, 0.15) is 5.65 Å². The lowest BCUT2D eigenvalue weighted by molar-refractivity contribution is -0.116. The second-order valence-corrected chi connectivity index (χ2v) is 7.68. The minimum Gasteiger partial charge on any atom is -0.326 e. The third kappa shape index (κ3) is 3.79. The van der Waals surface area contributed by atoms with E-state index in [1.165, 1.54) is 6.07 Å². The van der Waals surface area contributed by atoms with Crippen molar-refractivity contribution in [2.45, 2.75) is 26.7 Å². The summed E-state index contributed by atoms with van der Waals surface area (Å²) >= 11 is 0. The third-order valence-corrected chi connectivity index (χ3v) is 5.55. The number of aromatic nitrogens is 3. The van der Waals surface area contributed by atoms with E-state index in [-0.39, 0.29) is 24.1 Å². The van der Waals surface area contributed by atoms with E-state index in [4.69, 9.17) is 0 Å². The summed E-state index contributed by atoms with van der Waals surface area (Å²) in [6, 6.07) is 12.7. The van der Waals surface area contributed by atoms with Crippen LogP contribution in [0.15, 0.2) is 53.3 Å². The van der Waals surface area contributed by atoms with Gasteiger partial charge in [0.15, 0.2) is 11.6 Å². The fourth-order valence-corrected chi connectivity index (χ4v) is 3.95. The van der Waals surface area contributed by atoms with Crippen molar-refractivity contribution in [3.05, 3.63) is 87.3 Å². The minimum absolute atomic E-state index is 0.0203. The predicted molar refractivity (Wildman–Crippen MR) is 119 cm³/mol. The molecule has 0 spiro atoms. The fourth-order valence-electron chi connectivity index (χ4n) is 3.95.